The van der Waals surface area contributed by atoms with Gasteiger partial charge >= 0.3 is 0 Å². The first-order valence-electron chi connectivity index (χ1n) is 40.7. The molecule has 4 aromatic heterocycles. The molecule has 586 valence electrons. The van der Waals surface area contributed by atoms with Gasteiger partial charge < -0.3 is 36.1 Å². The minimum absolute atomic E-state index is 0.0354. The van der Waals surface area contributed by atoms with Crippen molar-refractivity contribution in [2.45, 2.75) is 56.3 Å². The summed E-state index contributed by atoms with van der Waals surface area (Å²) in [6.07, 6.45) is 7.21. The van der Waals surface area contributed by atoms with E-state index >= 15 is 0 Å². The number of methoxy groups -OCH3 is 2. The molecule has 0 unspecified atom stereocenters. The number of pyridine rings is 4. The molecule has 21 rings (SSSR count). The Morgan fingerprint density at radius 2 is 0.500 bits per heavy atom. The molecule has 17 aromatic rings. The molecule has 0 saturated heterocycles. The number of rotatable bonds is 14. The first-order chi connectivity index (χ1) is 58.8. The summed E-state index contributed by atoms with van der Waals surface area (Å²) < 4.78 is 10.2. The highest BCUT2D eigenvalue weighted by molar-refractivity contribution is 5.96. The molecule has 11 heteroatoms. The van der Waals surface area contributed by atoms with Gasteiger partial charge in [0.1, 0.15) is 34.8 Å². The molecule has 0 aliphatic heterocycles. The predicted molar refractivity (Wildman–Crippen MR) is 495 cm³/mol. The van der Waals surface area contributed by atoms with Crippen LogP contribution in [0.1, 0.15) is 95.8 Å². The number of fused-ring (bicyclic) bond motifs is 16. The van der Waals surface area contributed by atoms with Gasteiger partial charge in [-0.1, -0.05) is 271 Å². The molecule has 0 bridgehead atoms. The third-order valence-corrected chi connectivity index (χ3v) is 23.0. The van der Waals surface area contributed by atoms with E-state index in [-0.39, 0.29) is 21.7 Å². The van der Waals surface area contributed by atoms with E-state index < -0.39 is 0 Å². The molecule has 4 aliphatic rings. The molecule has 4 aliphatic carbocycles. The molecular weight excluding hydrogens is 1470 g/mol. The second-order valence-corrected chi connectivity index (χ2v) is 31.6. The van der Waals surface area contributed by atoms with Crippen LogP contribution in [0.5, 0.6) is 11.5 Å². The Morgan fingerprint density at radius 3 is 0.850 bits per heavy atom. The molecule has 11 nitrogen and oxygen atoms in total. The Bertz CT molecular complexity index is 6100. The Balaban J connectivity index is 0.000000110. The number of anilines is 10. The monoisotopic (exact) mass is 1560 g/mol. The van der Waals surface area contributed by atoms with Gasteiger partial charge in [0.15, 0.2) is 0 Å². The normalized spacial score (nSPS) is 12.8. The Hall–Kier alpha value is -14.9. The van der Waals surface area contributed by atoms with Crippen LogP contribution in [-0.4, -0.2) is 34.2 Å². The summed E-state index contributed by atoms with van der Waals surface area (Å²) in [4.78, 5) is 17.5. The van der Waals surface area contributed by atoms with E-state index in [0.29, 0.717) is 0 Å². The fourth-order valence-corrected chi connectivity index (χ4v) is 17.4. The van der Waals surface area contributed by atoms with E-state index in [1.807, 2.05) is 134 Å². The topological polar surface area (TPSA) is 130 Å². The van der Waals surface area contributed by atoms with Gasteiger partial charge in [-0.2, -0.15) is 0 Å². The largest absolute Gasteiger partial charge is 0.497 e. The van der Waals surface area contributed by atoms with E-state index in [9.17, 15) is 0 Å². The minimum atomic E-state index is -0.379. The number of nitrogens with zero attached hydrogens (tertiary/aromatic N) is 4. The fourth-order valence-electron chi connectivity index (χ4n) is 17.4. The maximum Gasteiger partial charge on any atom is 0.130 e. The molecule has 1 spiro atoms. The van der Waals surface area contributed by atoms with Gasteiger partial charge in [0.05, 0.1) is 25.0 Å². The maximum absolute atomic E-state index is 5.11. The Morgan fingerprint density at radius 1 is 0.233 bits per heavy atom. The van der Waals surface area contributed by atoms with Crippen LogP contribution in [0.3, 0.4) is 0 Å². The molecule has 0 saturated carbocycles. The van der Waals surface area contributed by atoms with Crippen molar-refractivity contribution >= 4 is 57.4 Å². The van der Waals surface area contributed by atoms with Crippen molar-refractivity contribution in [3.05, 3.63) is 468 Å². The van der Waals surface area contributed by atoms with Crippen molar-refractivity contribution in [2.75, 3.05) is 40.8 Å². The number of nitrogens with one attached hydrogen (secondary N) is 5. The van der Waals surface area contributed by atoms with Crippen LogP contribution in [0.4, 0.5) is 57.4 Å². The van der Waals surface area contributed by atoms with Crippen LogP contribution < -0.4 is 36.1 Å². The average Bonchev–Trinajstić information content (AvgIpc) is 1.52. The summed E-state index contributed by atoms with van der Waals surface area (Å²) in [5, 5.41) is 16.9. The predicted octanol–water partition coefficient (Wildman–Crippen LogP) is 27.1. The van der Waals surface area contributed by atoms with Crippen molar-refractivity contribution < 1.29 is 9.47 Å². The standard InChI is InChI=1S/C30H20N2.C30H22N2.C20H18N2.C15H18N2.C14H15NO2/c1-4-12-25-21(9-1)22-10-2-5-13-26(22)30(25)27-14-6-3-11-23(27)24-17-16-20(19-28(24)30)32-29-15-7-8-18-31-29;1-3-11-22(12-4-1)30(23-13-5-2-6-14-23)27-16-8-7-15-25(27)26-19-18-24(21-28(26)30)32-29-17-9-10-20-31-29;1-20(2)17-8-4-3-7-15(17)16-11-10-14(13-18(16)20)22-19-9-5-6-12-21-19;1-15(2,3)12-7-9-13(10-8-12)17-14-6-4-5-11-16-14;1-16-13-7-3-11(4-8-13)15-12-5-9-14(17-2)10-6-12/h1-19H,(H,31,32);1-21H,(H,31,32);3-13H,1-2H3,(H,21,22);4-11H,1-3H3,(H,16,17);3-10,15H,1-2H3. The lowest BCUT2D eigenvalue weighted by Gasteiger charge is -2.34. The van der Waals surface area contributed by atoms with Crippen LogP contribution in [-0.2, 0) is 21.7 Å². The average molecular weight is 1560 g/mol. The van der Waals surface area contributed by atoms with E-state index in [2.05, 4.69) is 342 Å². The van der Waals surface area contributed by atoms with E-state index in [4.69, 9.17) is 9.47 Å². The molecule has 0 amide bonds. The molecule has 0 atom stereocenters. The molecule has 0 fully saturated rings. The number of aromatic nitrogens is 4. The van der Waals surface area contributed by atoms with Crippen molar-refractivity contribution in [3.8, 4) is 56.0 Å². The summed E-state index contributed by atoms with van der Waals surface area (Å²) in [5.41, 5.74) is 31.1. The molecule has 4 heterocycles. The lowest BCUT2D eigenvalue weighted by molar-refractivity contribution is 0.415. The van der Waals surface area contributed by atoms with Crippen molar-refractivity contribution in [2.24, 2.45) is 0 Å². The van der Waals surface area contributed by atoms with Gasteiger partial charge in [-0.25, -0.2) is 19.9 Å². The van der Waals surface area contributed by atoms with Crippen LogP contribution in [0, 0.1) is 0 Å². The molecule has 0 radical (unpaired) electrons. The molecule has 5 N–H and O–H groups in total. The Labute approximate surface area is 703 Å². The summed E-state index contributed by atoms with van der Waals surface area (Å²) >= 11 is 0. The SMILES string of the molecule is CC(C)(C)c1ccc(Nc2ccccn2)cc1.CC1(C)c2ccccc2-c2ccc(Nc3ccccn3)cc21.COc1ccc(Nc2ccc(OC)cc2)cc1.c1ccc(C2(c3ccccc3)c3ccccc3-c3ccc(Nc4ccccn4)cc32)cc1.c1ccc(Nc2ccc3c(c2)C2(c4ccccc4-c4ccccc42)c2ccccc2-3)nc1. The van der Waals surface area contributed by atoms with Gasteiger partial charge in [-0.15, -0.1) is 0 Å². The van der Waals surface area contributed by atoms with Crippen LogP contribution >= 0.6 is 0 Å². The third-order valence-electron chi connectivity index (χ3n) is 23.0. The second-order valence-electron chi connectivity index (χ2n) is 31.6. The summed E-state index contributed by atoms with van der Waals surface area (Å²) in [7, 11) is 3.32. The summed E-state index contributed by atoms with van der Waals surface area (Å²) in [6.45, 7) is 11.2. The van der Waals surface area contributed by atoms with Crippen LogP contribution in [0.2, 0.25) is 0 Å². The van der Waals surface area contributed by atoms with Crippen molar-refractivity contribution in [1.82, 2.24) is 19.9 Å². The second kappa shape index (κ2) is 34.1. The van der Waals surface area contributed by atoms with Crippen LogP contribution in [0.25, 0.3) is 44.5 Å². The van der Waals surface area contributed by atoms with E-state index in [1.165, 1.54) is 106 Å². The van der Waals surface area contributed by atoms with Gasteiger partial charge in [-0.3, -0.25) is 0 Å². The summed E-state index contributed by atoms with van der Waals surface area (Å²) in [6, 6.07) is 134. The maximum atomic E-state index is 5.11. The molecule has 120 heavy (non-hydrogen) atoms. The van der Waals surface area contributed by atoms with E-state index in [0.717, 1.165) is 68.9 Å². The van der Waals surface area contributed by atoms with Gasteiger partial charge in [0, 0.05) is 64.3 Å². The summed E-state index contributed by atoms with van der Waals surface area (Å²) in [5.74, 6) is 5.14. The zero-order chi connectivity index (χ0) is 82.1. The van der Waals surface area contributed by atoms with E-state index in [1.54, 1.807) is 26.6 Å². The highest BCUT2D eigenvalue weighted by Gasteiger charge is 2.52. The smallest absolute Gasteiger partial charge is 0.130 e. The number of ether oxygens (including phenoxy) is 2. The zero-order valence-corrected chi connectivity index (χ0v) is 68.3. The highest BCUT2D eigenvalue weighted by Crippen LogP contribution is 2.63. The zero-order valence-electron chi connectivity index (χ0n) is 68.3. The first kappa shape index (κ1) is 77.6. The van der Waals surface area contributed by atoms with Gasteiger partial charge in [-0.05, 0) is 257 Å². The minimum Gasteiger partial charge on any atom is -0.497 e. The van der Waals surface area contributed by atoms with Gasteiger partial charge in [0.2, 0.25) is 0 Å². The highest BCUT2D eigenvalue weighted by atomic mass is 16.5. The first-order valence-corrected chi connectivity index (χ1v) is 40.7. The number of hydrogen-bond acceptors (Lipinski definition) is 11. The molecule has 13 aromatic carbocycles. The number of hydrogen-bond donors (Lipinski definition) is 5. The quantitative estimate of drug-likeness (QED) is 0.0713. The van der Waals surface area contributed by atoms with Crippen molar-refractivity contribution in [3.63, 3.8) is 0 Å². The molecular formula is C109H93N9O2. The van der Waals surface area contributed by atoms with Gasteiger partial charge in [0.25, 0.3) is 0 Å². The fraction of sp³-hybridized carbons (Fsp3) is 0.101. The third kappa shape index (κ3) is 15.5. The number of benzene rings is 13. The lowest BCUT2D eigenvalue weighted by Crippen LogP contribution is -2.28. The van der Waals surface area contributed by atoms with Crippen LogP contribution in [0.15, 0.2) is 407 Å². The Kier molecular flexibility index (Phi) is 22.1. The lowest BCUT2D eigenvalue weighted by atomic mass is 9.67. The van der Waals surface area contributed by atoms with Crippen molar-refractivity contribution in [1.29, 1.82) is 0 Å².